The van der Waals surface area contributed by atoms with E-state index in [2.05, 4.69) is 21.8 Å². The summed E-state index contributed by atoms with van der Waals surface area (Å²) in [6, 6.07) is 2.09. The second kappa shape index (κ2) is 6.93. The molecule has 6 nitrogen and oxygen atoms in total. The molecular weight excluding hydrogens is 302 g/mol. The summed E-state index contributed by atoms with van der Waals surface area (Å²) in [5.74, 6) is 1.08. The van der Waals surface area contributed by atoms with Crippen molar-refractivity contribution in [1.29, 1.82) is 5.26 Å². The molecule has 1 aliphatic rings. The normalized spacial score (nSPS) is 21.3. The van der Waals surface area contributed by atoms with Gasteiger partial charge in [0.25, 0.3) is 0 Å². The highest BCUT2D eigenvalue weighted by molar-refractivity contribution is 6.30. The predicted molar refractivity (Wildman–Crippen MR) is 84.6 cm³/mol. The van der Waals surface area contributed by atoms with Crippen molar-refractivity contribution in [3.05, 3.63) is 17.0 Å². The van der Waals surface area contributed by atoms with Crippen LogP contribution in [0.4, 0.5) is 5.82 Å². The first-order valence-electron chi connectivity index (χ1n) is 7.33. The molecule has 0 bridgehead atoms. The van der Waals surface area contributed by atoms with E-state index in [0.29, 0.717) is 12.2 Å². The Morgan fingerprint density at radius 2 is 2.32 bits per heavy atom. The molecule has 2 rings (SSSR count). The van der Waals surface area contributed by atoms with E-state index in [4.69, 9.17) is 16.9 Å². The fourth-order valence-electron chi connectivity index (χ4n) is 2.80. The summed E-state index contributed by atoms with van der Waals surface area (Å²) in [6.45, 7) is 2.95. The van der Waals surface area contributed by atoms with Gasteiger partial charge in [-0.05, 0) is 25.7 Å². The van der Waals surface area contributed by atoms with Gasteiger partial charge in [-0.15, -0.1) is 0 Å². The number of nitriles is 1. The molecule has 1 saturated heterocycles. The minimum absolute atomic E-state index is 0.124. The van der Waals surface area contributed by atoms with E-state index in [1.54, 1.807) is 25.2 Å². The Hall–Kier alpha value is -1.87. The fourth-order valence-corrected chi connectivity index (χ4v) is 2.97. The molecule has 0 N–H and O–H groups in total. The van der Waals surface area contributed by atoms with Gasteiger partial charge in [0.05, 0.1) is 6.20 Å². The second-order valence-corrected chi connectivity index (χ2v) is 6.17. The van der Waals surface area contributed by atoms with Gasteiger partial charge in [0, 0.05) is 33.1 Å². The van der Waals surface area contributed by atoms with Crippen LogP contribution in [-0.4, -0.2) is 47.5 Å². The van der Waals surface area contributed by atoms with Crippen molar-refractivity contribution in [2.45, 2.75) is 32.2 Å². The topological polar surface area (TPSA) is 73.1 Å². The maximum Gasteiger partial charge on any atom is 0.222 e. The maximum atomic E-state index is 12.0. The summed E-state index contributed by atoms with van der Waals surface area (Å²) in [6.07, 6.45) is 4.13. The molecule has 1 aromatic heterocycles. The molecule has 0 aliphatic carbocycles. The fraction of sp³-hybridized carbons (Fsp3) is 0.600. The molecule has 0 spiro atoms. The zero-order valence-electron chi connectivity index (χ0n) is 13.1. The number of amides is 1. The number of aromatic nitrogens is 2. The number of anilines is 1. The van der Waals surface area contributed by atoms with E-state index in [1.165, 1.54) is 0 Å². The number of carbonyl (C=O) groups excluding carboxylic acids is 1. The number of piperidine rings is 1. The molecule has 1 aromatic rings. The summed E-state index contributed by atoms with van der Waals surface area (Å²) in [5, 5.41) is 9.00. The molecule has 118 valence electrons. The summed E-state index contributed by atoms with van der Waals surface area (Å²) in [7, 11) is 3.55. The Balaban J connectivity index is 2.16. The molecule has 0 saturated carbocycles. The Labute approximate surface area is 135 Å². The van der Waals surface area contributed by atoms with Crippen molar-refractivity contribution < 1.29 is 4.79 Å². The molecule has 0 aromatic carbocycles. The molecule has 22 heavy (non-hydrogen) atoms. The zero-order chi connectivity index (χ0) is 16.3. The third-order valence-corrected chi connectivity index (χ3v) is 4.46. The first-order chi connectivity index (χ1) is 10.4. The molecule has 2 heterocycles. The SMILES string of the molecule is CC1C(CC(=O)N(C)C)CCCN1c1cnc(C#N)c(Cl)n1. The number of rotatable bonds is 3. The van der Waals surface area contributed by atoms with Gasteiger partial charge in [-0.25, -0.2) is 9.97 Å². The summed E-state index contributed by atoms with van der Waals surface area (Å²) >= 11 is 5.98. The number of hydrogen-bond donors (Lipinski definition) is 0. The third-order valence-electron chi connectivity index (χ3n) is 4.20. The van der Waals surface area contributed by atoms with Gasteiger partial charge in [-0.3, -0.25) is 4.79 Å². The Morgan fingerprint density at radius 3 is 2.91 bits per heavy atom. The van der Waals surface area contributed by atoms with Crippen LogP contribution in [0.5, 0.6) is 0 Å². The molecule has 1 fully saturated rings. The number of nitrogens with zero attached hydrogens (tertiary/aromatic N) is 5. The number of hydrogen-bond acceptors (Lipinski definition) is 5. The Morgan fingerprint density at radius 1 is 1.59 bits per heavy atom. The van der Waals surface area contributed by atoms with E-state index in [0.717, 1.165) is 19.4 Å². The summed E-state index contributed by atoms with van der Waals surface area (Å²) in [4.78, 5) is 24.0. The summed E-state index contributed by atoms with van der Waals surface area (Å²) < 4.78 is 0. The zero-order valence-corrected chi connectivity index (χ0v) is 13.8. The molecule has 1 aliphatic heterocycles. The molecule has 0 radical (unpaired) electrons. The van der Waals surface area contributed by atoms with Crippen LogP contribution in [0.2, 0.25) is 5.15 Å². The van der Waals surface area contributed by atoms with E-state index in [1.807, 2.05) is 6.07 Å². The van der Waals surface area contributed by atoms with Crippen molar-refractivity contribution in [3.63, 3.8) is 0 Å². The van der Waals surface area contributed by atoms with Gasteiger partial charge in [-0.1, -0.05) is 11.6 Å². The van der Waals surface area contributed by atoms with E-state index in [9.17, 15) is 4.79 Å². The number of carbonyl (C=O) groups is 1. The van der Waals surface area contributed by atoms with Crippen LogP contribution in [0.15, 0.2) is 6.20 Å². The lowest BCUT2D eigenvalue weighted by atomic mass is 9.87. The first-order valence-corrected chi connectivity index (χ1v) is 7.71. The molecule has 7 heteroatoms. The van der Waals surface area contributed by atoms with Crippen molar-refractivity contribution >= 4 is 23.3 Å². The lowest BCUT2D eigenvalue weighted by molar-refractivity contribution is -0.130. The van der Waals surface area contributed by atoms with Crippen LogP contribution in [0.3, 0.4) is 0 Å². The van der Waals surface area contributed by atoms with E-state index < -0.39 is 0 Å². The lowest BCUT2D eigenvalue weighted by Crippen LogP contribution is -2.45. The molecule has 2 unspecified atom stereocenters. The highest BCUT2D eigenvalue weighted by Gasteiger charge is 2.31. The van der Waals surface area contributed by atoms with Gasteiger partial charge in [-0.2, -0.15) is 5.26 Å². The van der Waals surface area contributed by atoms with Crippen LogP contribution in [0, 0.1) is 17.2 Å². The quantitative estimate of drug-likeness (QED) is 0.852. The highest BCUT2D eigenvalue weighted by atomic mass is 35.5. The van der Waals surface area contributed by atoms with Gasteiger partial charge < -0.3 is 9.80 Å². The van der Waals surface area contributed by atoms with Gasteiger partial charge in [0.15, 0.2) is 10.8 Å². The minimum atomic E-state index is 0.124. The Kier molecular flexibility index (Phi) is 5.19. The highest BCUT2D eigenvalue weighted by Crippen LogP contribution is 2.30. The predicted octanol–water partition coefficient (Wildman–Crippen LogP) is 2.08. The molecule has 2 atom stereocenters. The van der Waals surface area contributed by atoms with Gasteiger partial charge in [0.2, 0.25) is 5.91 Å². The third kappa shape index (κ3) is 3.47. The van der Waals surface area contributed by atoms with E-state index >= 15 is 0 Å². The average molecular weight is 322 g/mol. The second-order valence-electron chi connectivity index (χ2n) is 5.81. The molecular formula is C15H20ClN5O. The summed E-state index contributed by atoms with van der Waals surface area (Å²) in [5.41, 5.74) is 0.134. The molecule has 1 amide bonds. The van der Waals surface area contributed by atoms with Gasteiger partial charge in [0.1, 0.15) is 11.9 Å². The largest absolute Gasteiger partial charge is 0.352 e. The monoisotopic (exact) mass is 321 g/mol. The Bertz CT molecular complexity index is 598. The maximum absolute atomic E-state index is 12.0. The van der Waals surface area contributed by atoms with E-state index in [-0.39, 0.29) is 28.7 Å². The smallest absolute Gasteiger partial charge is 0.222 e. The van der Waals surface area contributed by atoms with Crippen LogP contribution >= 0.6 is 11.6 Å². The van der Waals surface area contributed by atoms with Crippen LogP contribution in [0.1, 0.15) is 31.9 Å². The van der Waals surface area contributed by atoms with Gasteiger partial charge >= 0.3 is 0 Å². The minimum Gasteiger partial charge on any atom is -0.352 e. The average Bonchev–Trinajstić information content (AvgIpc) is 2.49. The number of halogens is 1. The van der Waals surface area contributed by atoms with Crippen molar-refractivity contribution in [1.82, 2.24) is 14.9 Å². The van der Waals surface area contributed by atoms with Crippen LogP contribution in [0.25, 0.3) is 0 Å². The van der Waals surface area contributed by atoms with Crippen LogP contribution < -0.4 is 4.90 Å². The first kappa shape index (κ1) is 16.5. The standard InChI is InChI=1S/C15H20ClN5O/c1-10-11(7-14(22)20(2)3)5-4-6-21(10)13-9-18-12(8-17)15(16)19-13/h9-11H,4-7H2,1-3H3. The van der Waals surface area contributed by atoms with Crippen molar-refractivity contribution in [3.8, 4) is 6.07 Å². The van der Waals surface area contributed by atoms with Crippen molar-refractivity contribution in [2.75, 3.05) is 25.5 Å². The van der Waals surface area contributed by atoms with Crippen LogP contribution in [-0.2, 0) is 4.79 Å². The van der Waals surface area contributed by atoms with Crippen molar-refractivity contribution in [2.24, 2.45) is 5.92 Å². The lowest BCUT2D eigenvalue weighted by Gasteiger charge is -2.40.